The highest BCUT2D eigenvalue weighted by atomic mass is 32.2. The molecule has 2 aromatic rings. The first-order valence-electron chi connectivity index (χ1n) is 8.93. The number of anilines is 2. The largest absolute Gasteiger partial charge is 0.497 e. The molecule has 0 spiro atoms. The average molecular weight is 403 g/mol. The van der Waals surface area contributed by atoms with E-state index in [1.807, 2.05) is 24.3 Å². The van der Waals surface area contributed by atoms with Crippen LogP contribution in [0.15, 0.2) is 47.4 Å². The summed E-state index contributed by atoms with van der Waals surface area (Å²) in [7, 11) is -2.04. The maximum Gasteiger partial charge on any atom is 0.262 e. The highest BCUT2D eigenvalue weighted by molar-refractivity contribution is 7.89. The van der Waals surface area contributed by atoms with E-state index in [0.29, 0.717) is 37.6 Å². The first kappa shape index (κ1) is 18.6. The molecule has 28 heavy (non-hydrogen) atoms. The second-order valence-corrected chi connectivity index (χ2v) is 8.53. The molecule has 0 radical (unpaired) electrons. The number of rotatable bonds is 4. The van der Waals surface area contributed by atoms with Crippen molar-refractivity contribution in [1.29, 1.82) is 0 Å². The van der Waals surface area contributed by atoms with Gasteiger partial charge in [0.05, 0.1) is 17.7 Å². The van der Waals surface area contributed by atoms with Gasteiger partial charge >= 0.3 is 0 Å². The number of piperazine rings is 1. The predicted octanol–water partition coefficient (Wildman–Crippen LogP) is 1.54. The summed E-state index contributed by atoms with van der Waals surface area (Å²) in [6.45, 7) is 1.85. The Morgan fingerprint density at radius 3 is 2.61 bits per heavy atom. The molecule has 4 rings (SSSR count). The average Bonchev–Trinajstić information content (AvgIpc) is 2.73. The van der Waals surface area contributed by atoms with Crippen LogP contribution in [0.1, 0.15) is 0 Å². The van der Waals surface area contributed by atoms with Crippen molar-refractivity contribution < 1.29 is 22.7 Å². The number of methoxy groups -OCH3 is 1. The van der Waals surface area contributed by atoms with Gasteiger partial charge in [0.1, 0.15) is 11.5 Å². The Kier molecular flexibility index (Phi) is 4.86. The third-order valence-corrected chi connectivity index (χ3v) is 6.77. The Labute approximate surface area is 163 Å². The number of ether oxygens (including phenoxy) is 2. The fourth-order valence-corrected chi connectivity index (χ4v) is 4.81. The van der Waals surface area contributed by atoms with Crippen LogP contribution in [0, 0.1) is 0 Å². The molecule has 2 aliphatic rings. The SMILES string of the molecule is COc1cccc(N2CCN(S(=O)(=O)c3ccc4c(c3)NC(=O)CO4)CC2)c1. The summed E-state index contributed by atoms with van der Waals surface area (Å²) in [5.74, 6) is 0.946. The zero-order chi connectivity index (χ0) is 19.7. The molecule has 8 nitrogen and oxygen atoms in total. The highest BCUT2D eigenvalue weighted by Crippen LogP contribution is 2.31. The number of carbonyl (C=O) groups excluding carboxylic acids is 1. The quantitative estimate of drug-likeness (QED) is 0.833. The summed E-state index contributed by atoms with van der Waals surface area (Å²) in [5, 5.41) is 2.65. The van der Waals surface area contributed by atoms with Gasteiger partial charge in [0.2, 0.25) is 10.0 Å². The van der Waals surface area contributed by atoms with Crippen LogP contribution in [0.4, 0.5) is 11.4 Å². The Bertz CT molecular complexity index is 1000. The number of nitrogens with zero attached hydrogens (tertiary/aromatic N) is 2. The monoisotopic (exact) mass is 403 g/mol. The molecule has 2 aromatic carbocycles. The lowest BCUT2D eigenvalue weighted by molar-refractivity contribution is -0.118. The van der Waals surface area contributed by atoms with Gasteiger partial charge in [-0.05, 0) is 30.3 Å². The van der Waals surface area contributed by atoms with Gasteiger partial charge in [-0.3, -0.25) is 4.79 Å². The fourth-order valence-electron chi connectivity index (χ4n) is 3.37. The Morgan fingerprint density at radius 1 is 1.07 bits per heavy atom. The third kappa shape index (κ3) is 3.50. The van der Waals surface area contributed by atoms with Crippen molar-refractivity contribution >= 4 is 27.3 Å². The molecular weight excluding hydrogens is 382 g/mol. The van der Waals surface area contributed by atoms with Gasteiger partial charge in [0.15, 0.2) is 6.61 Å². The summed E-state index contributed by atoms with van der Waals surface area (Å²) in [6, 6.07) is 12.3. The van der Waals surface area contributed by atoms with E-state index in [9.17, 15) is 13.2 Å². The number of fused-ring (bicyclic) bond motifs is 1. The minimum absolute atomic E-state index is 0.0642. The van der Waals surface area contributed by atoms with Crippen molar-refractivity contribution in [3.8, 4) is 11.5 Å². The number of amides is 1. The van der Waals surface area contributed by atoms with Gasteiger partial charge in [-0.25, -0.2) is 8.42 Å². The van der Waals surface area contributed by atoms with Gasteiger partial charge < -0.3 is 19.7 Å². The van der Waals surface area contributed by atoms with Crippen molar-refractivity contribution in [2.45, 2.75) is 4.90 Å². The van der Waals surface area contributed by atoms with Gasteiger partial charge in [0.25, 0.3) is 5.91 Å². The van der Waals surface area contributed by atoms with Crippen LogP contribution in [-0.4, -0.2) is 58.5 Å². The van der Waals surface area contributed by atoms with Crippen molar-refractivity contribution in [3.63, 3.8) is 0 Å². The van der Waals surface area contributed by atoms with Crippen LogP contribution in [-0.2, 0) is 14.8 Å². The smallest absolute Gasteiger partial charge is 0.262 e. The second-order valence-electron chi connectivity index (χ2n) is 6.59. The molecule has 1 fully saturated rings. The van der Waals surface area contributed by atoms with E-state index in [4.69, 9.17) is 9.47 Å². The number of hydrogen-bond acceptors (Lipinski definition) is 6. The standard InChI is InChI=1S/C19H21N3O5S/c1-26-15-4-2-3-14(11-15)21-7-9-22(10-8-21)28(24,25)16-5-6-18-17(12-16)20-19(23)13-27-18/h2-6,11-12H,7-10,13H2,1H3,(H,20,23). The molecule has 0 bridgehead atoms. The molecule has 0 saturated carbocycles. The van der Waals surface area contributed by atoms with E-state index in [-0.39, 0.29) is 17.4 Å². The van der Waals surface area contributed by atoms with Crippen LogP contribution >= 0.6 is 0 Å². The van der Waals surface area contributed by atoms with E-state index in [0.717, 1.165) is 11.4 Å². The van der Waals surface area contributed by atoms with Gasteiger partial charge in [-0.2, -0.15) is 4.31 Å². The zero-order valence-electron chi connectivity index (χ0n) is 15.4. The number of nitrogens with one attached hydrogen (secondary N) is 1. The summed E-state index contributed by atoms with van der Waals surface area (Å²) in [4.78, 5) is 13.8. The number of benzene rings is 2. The molecule has 1 amide bonds. The Hall–Kier alpha value is -2.78. The van der Waals surface area contributed by atoms with Gasteiger partial charge in [-0.1, -0.05) is 6.07 Å². The molecule has 1 saturated heterocycles. The van der Waals surface area contributed by atoms with E-state index >= 15 is 0 Å². The summed E-state index contributed by atoms with van der Waals surface area (Å²) < 4.78 is 38.1. The zero-order valence-corrected chi connectivity index (χ0v) is 16.2. The van der Waals surface area contributed by atoms with Crippen molar-refractivity contribution in [2.24, 2.45) is 0 Å². The number of sulfonamides is 1. The Morgan fingerprint density at radius 2 is 1.86 bits per heavy atom. The maximum absolute atomic E-state index is 13.0. The van der Waals surface area contributed by atoms with Crippen molar-refractivity contribution in [3.05, 3.63) is 42.5 Å². The van der Waals surface area contributed by atoms with E-state index in [1.165, 1.54) is 16.4 Å². The molecular formula is C19H21N3O5S. The molecule has 1 N–H and O–H groups in total. The Balaban J connectivity index is 1.49. The third-order valence-electron chi connectivity index (χ3n) is 4.88. The summed E-state index contributed by atoms with van der Waals surface area (Å²) >= 11 is 0. The first-order chi connectivity index (χ1) is 13.5. The maximum atomic E-state index is 13.0. The predicted molar refractivity (Wildman–Crippen MR) is 105 cm³/mol. The van der Waals surface area contributed by atoms with E-state index in [2.05, 4.69) is 10.2 Å². The molecule has 2 aliphatic heterocycles. The van der Waals surface area contributed by atoms with Crippen LogP contribution in [0.25, 0.3) is 0 Å². The normalized spacial score (nSPS) is 17.5. The molecule has 148 valence electrons. The minimum Gasteiger partial charge on any atom is -0.497 e. The van der Waals surface area contributed by atoms with E-state index in [1.54, 1.807) is 13.2 Å². The first-order valence-corrected chi connectivity index (χ1v) is 10.4. The van der Waals surface area contributed by atoms with Crippen LogP contribution in [0.5, 0.6) is 11.5 Å². The molecule has 0 atom stereocenters. The van der Waals surface area contributed by atoms with E-state index < -0.39 is 10.0 Å². The molecule has 9 heteroatoms. The van der Waals surface area contributed by atoms with Gasteiger partial charge in [0, 0.05) is 37.9 Å². The molecule has 0 unspecified atom stereocenters. The number of hydrogen-bond donors (Lipinski definition) is 1. The summed E-state index contributed by atoms with van der Waals surface area (Å²) in [5.41, 5.74) is 1.39. The summed E-state index contributed by atoms with van der Waals surface area (Å²) in [6.07, 6.45) is 0. The molecule has 0 aromatic heterocycles. The van der Waals surface area contributed by atoms with Gasteiger partial charge in [-0.15, -0.1) is 0 Å². The fraction of sp³-hybridized carbons (Fsp3) is 0.316. The molecule has 2 heterocycles. The lowest BCUT2D eigenvalue weighted by atomic mass is 10.2. The topological polar surface area (TPSA) is 88.2 Å². The highest BCUT2D eigenvalue weighted by Gasteiger charge is 2.30. The second kappa shape index (κ2) is 7.33. The minimum atomic E-state index is -3.66. The number of carbonyl (C=O) groups is 1. The van der Waals surface area contributed by atoms with Crippen LogP contribution in [0.3, 0.4) is 0 Å². The molecule has 0 aliphatic carbocycles. The van der Waals surface area contributed by atoms with Crippen LogP contribution < -0.4 is 19.7 Å². The van der Waals surface area contributed by atoms with Crippen LogP contribution in [0.2, 0.25) is 0 Å². The lowest BCUT2D eigenvalue weighted by Gasteiger charge is -2.35. The van der Waals surface area contributed by atoms with Crippen molar-refractivity contribution in [1.82, 2.24) is 4.31 Å². The van der Waals surface area contributed by atoms with Crippen molar-refractivity contribution in [2.75, 3.05) is 50.1 Å². The lowest BCUT2D eigenvalue weighted by Crippen LogP contribution is -2.48.